The molecule has 7 heteroatoms. The molecule has 1 aliphatic rings. The number of pyridine rings is 1. The molecule has 1 fully saturated rings. The first-order valence-corrected chi connectivity index (χ1v) is 10.6. The Balaban J connectivity index is 1.53. The van der Waals surface area contributed by atoms with Crippen molar-refractivity contribution < 1.29 is 4.79 Å². The third kappa shape index (κ3) is 4.26. The van der Waals surface area contributed by atoms with Gasteiger partial charge in [0.2, 0.25) is 5.91 Å². The molecule has 0 unspecified atom stereocenters. The number of carbonyl (C=O) groups excluding carboxylic acids is 1. The first-order chi connectivity index (χ1) is 13.2. The number of amidine groups is 1. The van der Waals surface area contributed by atoms with Crippen LogP contribution in [0.5, 0.6) is 0 Å². The second kappa shape index (κ2) is 8.02. The fourth-order valence-electron chi connectivity index (χ4n) is 2.75. The summed E-state index contributed by atoms with van der Waals surface area (Å²) in [6, 6.07) is 12.0. The molecule has 3 aromatic rings. The van der Waals surface area contributed by atoms with Crippen LogP contribution in [0.15, 0.2) is 53.0 Å². The Labute approximate surface area is 166 Å². The van der Waals surface area contributed by atoms with Gasteiger partial charge in [-0.2, -0.15) is 0 Å². The number of hydrogen-bond acceptors (Lipinski definition) is 6. The second-order valence-electron chi connectivity index (χ2n) is 6.12. The van der Waals surface area contributed by atoms with Crippen molar-refractivity contribution in [2.75, 3.05) is 5.75 Å². The zero-order valence-electron chi connectivity index (χ0n) is 14.8. The predicted octanol–water partition coefficient (Wildman–Crippen LogP) is 4.68. The maximum absolute atomic E-state index is 11.2. The average molecular weight is 395 g/mol. The highest BCUT2D eigenvalue weighted by Gasteiger charge is 2.16. The molecule has 1 N–H and O–H groups in total. The van der Waals surface area contributed by atoms with E-state index < -0.39 is 0 Å². The summed E-state index contributed by atoms with van der Waals surface area (Å²) in [5, 5.41) is 6.47. The number of aliphatic imine (C=N–C) groups is 1. The topological polar surface area (TPSA) is 67.2 Å². The minimum absolute atomic E-state index is 0.00331. The van der Waals surface area contributed by atoms with E-state index in [1.54, 1.807) is 11.3 Å². The Kier molecular flexibility index (Phi) is 5.31. The normalized spacial score (nSPS) is 15.3. The summed E-state index contributed by atoms with van der Waals surface area (Å²) in [5.41, 5.74) is 5.03. The van der Waals surface area contributed by atoms with Gasteiger partial charge in [-0.15, -0.1) is 11.3 Å². The van der Waals surface area contributed by atoms with Crippen LogP contribution in [-0.2, 0) is 11.2 Å². The standard InChI is InChI=1S/C20H18N4OS2/c1-2-3-16-10-14(8-9-21-16)19-23-17(11-26-19)13-4-6-15(7-5-13)22-20-24-18(25)12-27-20/h4-11H,2-3,12H2,1H3,(H,22,24,25). The van der Waals surface area contributed by atoms with Crippen LogP contribution in [0.1, 0.15) is 19.0 Å². The lowest BCUT2D eigenvalue weighted by Gasteiger charge is -2.01. The van der Waals surface area contributed by atoms with Gasteiger partial charge in [-0.25, -0.2) is 9.98 Å². The van der Waals surface area contributed by atoms with Crippen LogP contribution in [0.2, 0.25) is 0 Å². The molecule has 136 valence electrons. The van der Waals surface area contributed by atoms with Crippen LogP contribution in [0, 0.1) is 0 Å². The van der Waals surface area contributed by atoms with E-state index >= 15 is 0 Å². The van der Waals surface area contributed by atoms with E-state index in [2.05, 4.69) is 33.7 Å². The quantitative estimate of drug-likeness (QED) is 0.682. The summed E-state index contributed by atoms with van der Waals surface area (Å²) in [6.45, 7) is 2.16. The van der Waals surface area contributed by atoms with Crippen molar-refractivity contribution >= 4 is 39.9 Å². The van der Waals surface area contributed by atoms with Gasteiger partial charge in [0.15, 0.2) is 5.17 Å². The molecular formula is C20H18N4OS2. The van der Waals surface area contributed by atoms with Gasteiger partial charge >= 0.3 is 0 Å². The maximum Gasteiger partial charge on any atom is 0.236 e. The van der Waals surface area contributed by atoms with Crippen LogP contribution in [0.3, 0.4) is 0 Å². The molecule has 1 aliphatic heterocycles. The van der Waals surface area contributed by atoms with Gasteiger partial charge in [0.05, 0.1) is 17.1 Å². The van der Waals surface area contributed by atoms with Gasteiger partial charge in [-0.05, 0) is 30.7 Å². The largest absolute Gasteiger partial charge is 0.304 e. The Morgan fingerprint density at radius 1 is 1.19 bits per heavy atom. The number of aryl methyl sites for hydroxylation is 1. The molecule has 0 radical (unpaired) electrons. The van der Waals surface area contributed by atoms with Gasteiger partial charge in [0.1, 0.15) is 5.01 Å². The lowest BCUT2D eigenvalue weighted by atomic mass is 10.1. The van der Waals surface area contributed by atoms with Crippen molar-refractivity contribution in [2.24, 2.45) is 4.99 Å². The van der Waals surface area contributed by atoms with E-state index in [-0.39, 0.29) is 5.91 Å². The molecule has 0 saturated carbocycles. The van der Waals surface area contributed by atoms with Gasteiger partial charge in [-0.3, -0.25) is 9.78 Å². The molecule has 3 heterocycles. The van der Waals surface area contributed by atoms with Crippen molar-refractivity contribution in [2.45, 2.75) is 19.8 Å². The van der Waals surface area contributed by atoms with E-state index in [0.29, 0.717) is 10.9 Å². The van der Waals surface area contributed by atoms with Crippen LogP contribution in [0.4, 0.5) is 5.69 Å². The molecule has 4 rings (SSSR count). The van der Waals surface area contributed by atoms with Crippen molar-refractivity contribution in [3.63, 3.8) is 0 Å². The van der Waals surface area contributed by atoms with Crippen molar-refractivity contribution in [3.05, 3.63) is 53.7 Å². The van der Waals surface area contributed by atoms with Crippen LogP contribution in [0.25, 0.3) is 21.8 Å². The highest BCUT2D eigenvalue weighted by Crippen LogP contribution is 2.30. The van der Waals surface area contributed by atoms with Crippen LogP contribution < -0.4 is 5.32 Å². The van der Waals surface area contributed by atoms with Gasteiger partial charge in [-0.1, -0.05) is 37.2 Å². The second-order valence-corrected chi connectivity index (χ2v) is 7.95. The van der Waals surface area contributed by atoms with Gasteiger partial charge in [0, 0.05) is 28.4 Å². The molecule has 0 atom stereocenters. The number of rotatable bonds is 5. The molecular weight excluding hydrogens is 376 g/mol. The molecule has 0 bridgehead atoms. The summed E-state index contributed by atoms with van der Waals surface area (Å²) in [5.74, 6) is 0.441. The Hall–Kier alpha value is -2.51. The SMILES string of the molecule is CCCc1cc(-c2nc(-c3ccc(N=C4NC(=O)CS4)cc3)cs2)ccn1. The number of aromatic nitrogens is 2. The average Bonchev–Trinajstić information content (AvgIpc) is 3.32. The van der Waals surface area contributed by atoms with E-state index in [0.717, 1.165) is 46.1 Å². The first kappa shape index (κ1) is 17.9. The van der Waals surface area contributed by atoms with Crippen LogP contribution in [-0.4, -0.2) is 26.8 Å². The lowest BCUT2D eigenvalue weighted by molar-refractivity contribution is -0.116. The smallest absolute Gasteiger partial charge is 0.236 e. The third-order valence-electron chi connectivity index (χ3n) is 4.05. The number of benzene rings is 1. The fraction of sp³-hybridized carbons (Fsp3) is 0.200. The van der Waals surface area contributed by atoms with Crippen molar-refractivity contribution in [3.8, 4) is 21.8 Å². The maximum atomic E-state index is 11.2. The lowest BCUT2D eigenvalue weighted by Crippen LogP contribution is -2.19. The number of nitrogens with zero attached hydrogens (tertiary/aromatic N) is 3. The number of amides is 1. The third-order valence-corrected chi connectivity index (χ3v) is 5.82. The van der Waals surface area contributed by atoms with Crippen molar-refractivity contribution in [1.82, 2.24) is 15.3 Å². The Bertz CT molecular complexity index is 995. The first-order valence-electron chi connectivity index (χ1n) is 8.74. The van der Waals surface area contributed by atoms with Gasteiger partial charge < -0.3 is 5.32 Å². The van der Waals surface area contributed by atoms with E-state index in [1.165, 1.54) is 11.8 Å². The monoisotopic (exact) mass is 394 g/mol. The van der Waals surface area contributed by atoms with Crippen LogP contribution >= 0.6 is 23.1 Å². The fourth-order valence-corrected chi connectivity index (χ4v) is 4.27. The molecule has 5 nitrogen and oxygen atoms in total. The number of thioether (sulfide) groups is 1. The number of thiazole rings is 1. The summed E-state index contributed by atoms with van der Waals surface area (Å²) in [7, 11) is 0. The molecule has 0 spiro atoms. The van der Waals surface area contributed by atoms with Gasteiger partial charge in [0.25, 0.3) is 0 Å². The summed E-state index contributed by atoms with van der Waals surface area (Å²) in [4.78, 5) is 24.9. The zero-order chi connectivity index (χ0) is 18.6. The van der Waals surface area contributed by atoms with E-state index in [9.17, 15) is 4.79 Å². The summed E-state index contributed by atoms with van der Waals surface area (Å²) >= 11 is 3.06. The number of nitrogens with one attached hydrogen (secondary N) is 1. The highest BCUT2D eigenvalue weighted by molar-refractivity contribution is 8.15. The number of hydrogen-bond donors (Lipinski definition) is 1. The molecule has 0 aliphatic carbocycles. The minimum atomic E-state index is 0.00331. The number of carbonyl (C=O) groups is 1. The molecule has 2 aromatic heterocycles. The Morgan fingerprint density at radius 3 is 2.78 bits per heavy atom. The molecule has 1 saturated heterocycles. The highest BCUT2D eigenvalue weighted by atomic mass is 32.2. The molecule has 1 aromatic carbocycles. The van der Waals surface area contributed by atoms with E-state index in [4.69, 9.17) is 4.98 Å². The zero-order valence-corrected chi connectivity index (χ0v) is 16.4. The van der Waals surface area contributed by atoms with Crippen molar-refractivity contribution in [1.29, 1.82) is 0 Å². The summed E-state index contributed by atoms with van der Waals surface area (Å²) < 4.78 is 0. The minimum Gasteiger partial charge on any atom is -0.304 e. The molecule has 27 heavy (non-hydrogen) atoms. The Morgan fingerprint density at radius 2 is 2.04 bits per heavy atom. The summed E-state index contributed by atoms with van der Waals surface area (Å²) in [6.07, 6.45) is 3.92. The molecule has 1 amide bonds. The van der Waals surface area contributed by atoms with E-state index in [1.807, 2.05) is 36.5 Å². The predicted molar refractivity (Wildman–Crippen MR) is 112 cm³/mol.